The maximum Gasteiger partial charge on any atom is 0.393 e. The van der Waals surface area contributed by atoms with Gasteiger partial charge in [-0.3, -0.25) is 0 Å². The monoisotopic (exact) mass is 195 g/mol. The van der Waals surface area contributed by atoms with Crippen molar-refractivity contribution in [3.63, 3.8) is 0 Å². The van der Waals surface area contributed by atoms with Crippen molar-refractivity contribution in [2.75, 3.05) is 0 Å². The van der Waals surface area contributed by atoms with E-state index in [2.05, 4.69) is 4.98 Å². The molecule has 0 aliphatic rings. The summed E-state index contributed by atoms with van der Waals surface area (Å²) in [6.45, 7) is 0. The van der Waals surface area contributed by atoms with Crippen LogP contribution in [0.5, 0.6) is 0 Å². The van der Waals surface area contributed by atoms with Crippen molar-refractivity contribution >= 4 is 11.6 Å². The Morgan fingerprint density at radius 3 is 2.58 bits per heavy atom. The first-order valence-electron chi connectivity index (χ1n) is 3.15. The highest BCUT2D eigenvalue weighted by Crippen LogP contribution is 2.24. The Labute approximate surface area is 72.2 Å². The molecule has 0 bridgehead atoms. The van der Waals surface area contributed by atoms with E-state index in [1.807, 2.05) is 0 Å². The van der Waals surface area contributed by atoms with E-state index in [-0.39, 0.29) is 10.7 Å². The van der Waals surface area contributed by atoms with Crippen LogP contribution in [0.1, 0.15) is 5.56 Å². The van der Waals surface area contributed by atoms with E-state index in [9.17, 15) is 13.2 Å². The van der Waals surface area contributed by atoms with Crippen molar-refractivity contribution in [3.8, 4) is 0 Å². The second kappa shape index (κ2) is 3.31. The summed E-state index contributed by atoms with van der Waals surface area (Å²) in [4.78, 5) is 3.53. The van der Waals surface area contributed by atoms with E-state index in [4.69, 9.17) is 11.6 Å². The van der Waals surface area contributed by atoms with Gasteiger partial charge in [-0.15, -0.1) is 0 Å². The molecule has 5 heteroatoms. The summed E-state index contributed by atoms with van der Waals surface area (Å²) in [7, 11) is 0. The molecule has 0 N–H and O–H groups in total. The van der Waals surface area contributed by atoms with Crippen LogP contribution in [0.15, 0.2) is 18.3 Å². The van der Waals surface area contributed by atoms with Gasteiger partial charge in [0.1, 0.15) is 5.15 Å². The molecule has 0 radical (unpaired) electrons. The van der Waals surface area contributed by atoms with Crippen LogP contribution in [-0.4, -0.2) is 11.2 Å². The lowest BCUT2D eigenvalue weighted by molar-refractivity contribution is -0.127. The average molecular weight is 196 g/mol. The van der Waals surface area contributed by atoms with Crippen molar-refractivity contribution in [1.29, 1.82) is 0 Å². The maximum atomic E-state index is 11.8. The number of hydrogen-bond acceptors (Lipinski definition) is 1. The third-order valence-corrected chi connectivity index (χ3v) is 1.57. The van der Waals surface area contributed by atoms with E-state index < -0.39 is 12.6 Å². The maximum absolute atomic E-state index is 11.8. The Kier molecular flexibility index (Phi) is 2.57. The summed E-state index contributed by atoms with van der Waals surface area (Å²) in [6.07, 6.45) is -3.91. The van der Waals surface area contributed by atoms with Crippen molar-refractivity contribution in [2.45, 2.75) is 12.6 Å². The zero-order valence-electron chi connectivity index (χ0n) is 5.90. The number of alkyl halides is 3. The Balaban J connectivity index is 2.83. The van der Waals surface area contributed by atoms with Crippen molar-refractivity contribution in [2.24, 2.45) is 0 Å². The van der Waals surface area contributed by atoms with Gasteiger partial charge in [-0.05, 0) is 11.6 Å². The quantitative estimate of drug-likeness (QED) is 0.628. The first-order valence-corrected chi connectivity index (χ1v) is 3.53. The molecule has 0 aliphatic heterocycles. The molecule has 0 spiro atoms. The van der Waals surface area contributed by atoms with Crippen molar-refractivity contribution in [3.05, 3.63) is 29.0 Å². The molecular weight excluding hydrogens is 191 g/mol. The molecule has 12 heavy (non-hydrogen) atoms. The summed E-state index contributed by atoms with van der Waals surface area (Å²) in [5.41, 5.74) is 0.00617. The summed E-state index contributed by atoms with van der Waals surface area (Å²) in [6, 6.07) is 2.73. The lowest BCUT2D eigenvalue weighted by Crippen LogP contribution is -2.12. The highest BCUT2D eigenvalue weighted by molar-refractivity contribution is 6.30. The standard InChI is InChI=1S/C7H5ClF3N/c8-6-5(2-1-3-12-6)4-7(9,10)11/h1-3H,4H2. The lowest BCUT2D eigenvalue weighted by Gasteiger charge is -2.06. The molecule has 0 aromatic carbocycles. The van der Waals surface area contributed by atoms with Crippen LogP contribution in [-0.2, 0) is 6.42 Å². The molecule has 1 nitrogen and oxygen atoms in total. The summed E-state index contributed by atoms with van der Waals surface area (Å²) in [5, 5.41) is -0.0881. The number of halogens is 4. The average Bonchev–Trinajstić information content (AvgIpc) is 1.91. The van der Waals surface area contributed by atoms with Crippen LogP contribution in [0.3, 0.4) is 0 Å². The van der Waals surface area contributed by atoms with Gasteiger partial charge in [-0.1, -0.05) is 17.7 Å². The molecule has 1 heterocycles. The first kappa shape index (κ1) is 9.32. The van der Waals surface area contributed by atoms with Gasteiger partial charge in [0.2, 0.25) is 0 Å². The Hall–Kier alpha value is -0.770. The predicted octanol–water partition coefficient (Wildman–Crippen LogP) is 2.84. The molecule has 0 fully saturated rings. The van der Waals surface area contributed by atoms with E-state index >= 15 is 0 Å². The van der Waals surface area contributed by atoms with Crippen molar-refractivity contribution in [1.82, 2.24) is 4.98 Å². The summed E-state index contributed by atoms with van der Waals surface area (Å²) < 4.78 is 35.5. The molecule has 1 aromatic heterocycles. The Bertz CT molecular complexity index is 272. The molecule has 0 saturated carbocycles. The van der Waals surface area contributed by atoms with Gasteiger partial charge >= 0.3 is 6.18 Å². The van der Waals surface area contributed by atoms with Crippen LogP contribution < -0.4 is 0 Å². The molecule has 66 valence electrons. The molecule has 0 unspecified atom stereocenters. The normalized spacial score (nSPS) is 11.7. The topological polar surface area (TPSA) is 12.9 Å². The largest absolute Gasteiger partial charge is 0.393 e. The van der Waals surface area contributed by atoms with Crippen molar-refractivity contribution < 1.29 is 13.2 Å². The molecule has 0 amide bonds. The van der Waals surface area contributed by atoms with E-state index in [1.165, 1.54) is 18.3 Å². The molecule has 0 atom stereocenters. The summed E-state index contributed by atoms with van der Waals surface area (Å²) >= 11 is 5.42. The minimum absolute atomic E-state index is 0.00617. The fraction of sp³-hybridized carbons (Fsp3) is 0.286. The minimum atomic E-state index is -4.23. The second-order valence-electron chi connectivity index (χ2n) is 2.25. The zero-order valence-corrected chi connectivity index (χ0v) is 6.65. The van der Waals surface area contributed by atoms with E-state index in [0.717, 1.165) is 0 Å². The third-order valence-electron chi connectivity index (χ3n) is 1.23. The van der Waals surface area contributed by atoms with E-state index in [1.54, 1.807) is 0 Å². The van der Waals surface area contributed by atoms with Gasteiger partial charge in [0, 0.05) is 6.20 Å². The number of rotatable bonds is 1. The number of nitrogens with zero attached hydrogens (tertiary/aromatic N) is 1. The third kappa shape index (κ3) is 2.70. The minimum Gasteiger partial charge on any atom is -0.244 e. The predicted molar refractivity (Wildman–Crippen MR) is 39.0 cm³/mol. The fourth-order valence-electron chi connectivity index (χ4n) is 0.767. The van der Waals surface area contributed by atoms with Crippen LogP contribution in [0, 0.1) is 0 Å². The zero-order chi connectivity index (χ0) is 9.19. The van der Waals surface area contributed by atoms with Crippen LogP contribution in [0.4, 0.5) is 13.2 Å². The number of pyridine rings is 1. The second-order valence-corrected chi connectivity index (χ2v) is 2.60. The fourth-order valence-corrected chi connectivity index (χ4v) is 0.953. The smallest absolute Gasteiger partial charge is 0.244 e. The van der Waals surface area contributed by atoms with E-state index in [0.29, 0.717) is 0 Å². The number of aromatic nitrogens is 1. The molecular formula is C7H5ClF3N. The van der Waals surface area contributed by atoms with Gasteiger partial charge < -0.3 is 0 Å². The Morgan fingerprint density at radius 2 is 2.08 bits per heavy atom. The van der Waals surface area contributed by atoms with Gasteiger partial charge in [-0.25, -0.2) is 4.98 Å². The molecule has 1 aromatic rings. The van der Waals surface area contributed by atoms with Gasteiger partial charge in [0.05, 0.1) is 6.42 Å². The Morgan fingerprint density at radius 1 is 1.42 bits per heavy atom. The highest BCUT2D eigenvalue weighted by atomic mass is 35.5. The van der Waals surface area contributed by atoms with Crippen LogP contribution in [0.2, 0.25) is 5.15 Å². The highest BCUT2D eigenvalue weighted by Gasteiger charge is 2.28. The van der Waals surface area contributed by atoms with Gasteiger partial charge in [-0.2, -0.15) is 13.2 Å². The van der Waals surface area contributed by atoms with Crippen LogP contribution >= 0.6 is 11.6 Å². The molecule has 0 saturated heterocycles. The summed E-state index contributed by atoms with van der Waals surface area (Å²) in [5.74, 6) is 0. The molecule has 1 rings (SSSR count). The molecule has 0 aliphatic carbocycles. The SMILES string of the molecule is FC(F)(F)Cc1cccnc1Cl. The lowest BCUT2D eigenvalue weighted by atomic mass is 10.2. The van der Waals surface area contributed by atoms with Gasteiger partial charge in [0.15, 0.2) is 0 Å². The number of hydrogen-bond donors (Lipinski definition) is 0. The first-order chi connectivity index (χ1) is 5.49. The van der Waals surface area contributed by atoms with Crippen LogP contribution in [0.25, 0.3) is 0 Å². The van der Waals surface area contributed by atoms with Gasteiger partial charge in [0.25, 0.3) is 0 Å².